The lowest BCUT2D eigenvalue weighted by Crippen LogP contribution is -2.23. The van der Waals surface area contributed by atoms with E-state index in [1.54, 1.807) is 11.8 Å². The van der Waals surface area contributed by atoms with Gasteiger partial charge in [-0.2, -0.15) is 9.78 Å². The highest BCUT2D eigenvalue weighted by Crippen LogP contribution is 2.36. The van der Waals surface area contributed by atoms with Crippen LogP contribution in [0.25, 0.3) is 0 Å². The molecule has 1 unspecified atom stereocenters. The van der Waals surface area contributed by atoms with E-state index < -0.39 is 0 Å². The second kappa shape index (κ2) is 6.11. The van der Waals surface area contributed by atoms with Gasteiger partial charge in [0.2, 0.25) is 5.16 Å². The molecule has 1 saturated carbocycles. The molecular formula is C18H22N4S. The quantitative estimate of drug-likeness (QED) is 0.822. The number of thioether (sulfide) groups is 1. The maximum atomic E-state index is 4.95. The second-order valence-corrected chi connectivity index (χ2v) is 7.91. The number of aromatic nitrogens is 3. The number of fused-ring (bicyclic) bond motifs is 1. The molecule has 2 aromatic rings. The van der Waals surface area contributed by atoms with Gasteiger partial charge >= 0.3 is 0 Å². The zero-order valence-electron chi connectivity index (χ0n) is 13.7. The second-order valence-electron chi connectivity index (χ2n) is 6.60. The van der Waals surface area contributed by atoms with Gasteiger partial charge in [-0.3, -0.25) is 0 Å². The summed E-state index contributed by atoms with van der Waals surface area (Å²) in [6, 6.07) is 8.64. The smallest absolute Gasteiger partial charge is 0.191 e. The molecule has 0 spiro atoms. The summed E-state index contributed by atoms with van der Waals surface area (Å²) in [4.78, 5) is 0. The Balaban J connectivity index is 1.73. The van der Waals surface area contributed by atoms with Crippen molar-refractivity contribution in [2.75, 3.05) is 0 Å². The average Bonchev–Trinajstić information content (AvgIpc) is 2.98. The highest BCUT2D eigenvalue weighted by atomic mass is 32.2. The fourth-order valence-electron chi connectivity index (χ4n) is 3.48. The summed E-state index contributed by atoms with van der Waals surface area (Å²) in [6.45, 7) is 4.31. The van der Waals surface area contributed by atoms with Gasteiger partial charge in [-0.15, -0.1) is 10.2 Å². The maximum absolute atomic E-state index is 4.95. The van der Waals surface area contributed by atoms with Gasteiger partial charge in [0.1, 0.15) is 0 Å². The van der Waals surface area contributed by atoms with Crippen molar-refractivity contribution >= 4 is 17.5 Å². The van der Waals surface area contributed by atoms with E-state index in [1.807, 2.05) is 4.68 Å². The third kappa shape index (κ3) is 2.82. The van der Waals surface area contributed by atoms with Crippen LogP contribution in [0.5, 0.6) is 0 Å². The molecule has 0 N–H and O–H groups in total. The number of hydrogen-bond acceptors (Lipinski definition) is 4. The van der Waals surface area contributed by atoms with E-state index in [-0.39, 0.29) is 0 Å². The fourth-order valence-corrected chi connectivity index (χ4v) is 4.41. The molecule has 1 aromatic carbocycles. The Hall–Kier alpha value is -1.62. The monoisotopic (exact) mass is 326 g/mol. The van der Waals surface area contributed by atoms with Gasteiger partial charge < -0.3 is 0 Å². The number of benzene rings is 1. The summed E-state index contributed by atoms with van der Waals surface area (Å²) in [5.74, 6) is 1.57. The third-order valence-corrected chi connectivity index (χ3v) is 5.87. The molecule has 4 nitrogen and oxygen atoms in total. The van der Waals surface area contributed by atoms with Gasteiger partial charge in [0, 0.05) is 5.92 Å². The van der Waals surface area contributed by atoms with Crippen LogP contribution in [0, 0.1) is 6.92 Å². The zero-order valence-corrected chi connectivity index (χ0v) is 14.5. The molecule has 1 atom stereocenters. The summed E-state index contributed by atoms with van der Waals surface area (Å²) in [5, 5.41) is 15.1. The largest absolute Gasteiger partial charge is 0.212 e. The lowest BCUT2D eigenvalue weighted by atomic mass is 9.89. The summed E-state index contributed by atoms with van der Waals surface area (Å²) >= 11 is 1.76. The van der Waals surface area contributed by atoms with Gasteiger partial charge in [-0.25, -0.2) is 0 Å². The molecule has 4 rings (SSSR count). The molecule has 1 aliphatic carbocycles. The molecular weight excluding hydrogens is 304 g/mol. The van der Waals surface area contributed by atoms with Crippen LogP contribution >= 0.6 is 11.8 Å². The molecule has 0 radical (unpaired) electrons. The molecule has 5 heteroatoms. The van der Waals surface area contributed by atoms with Gasteiger partial charge in [-0.05, 0) is 32.3 Å². The molecule has 1 fully saturated rings. The molecule has 0 bridgehead atoms. The van der Waals surface area contributed by atoms with Gasteiger partial charge in [-0.1, -0.05) is 60.9 Å². The van der Waals surface area contributed by atoms with E-state index in [1.165, 1.54) is 43.2 Å². The SMILES string of the molecule is Cc1ccc(C2=Nn3c(nnc3C3CCCCC3)SC2C)cc1. The third-order valence-electron chi connectivity index (χ3n) is 4.83. The van der Waals surface area contributed by atoms with Crippen LogP contribution in [-0.4, -0.2) is 25.8 Å². The van der Waals surface area contributed by atoms with Crippen LogP contribution in [0.2, 0.25) is 0 Å². The standard InChI is InChI=1S/C18H22N4S/c1-12-8-10-14(11-9-12)16-13(2)23-18-20-19-17(22(18)21-16)15-6-4-3-5-7-15/h8-11,13,15H,3-7H2,1-2H3. The lowest BCUT2D eigenvalue weighted by molar-refractivity contribution is 0.417. The lowest BCUT2D eigenvalue weighted by Gasteiger charge is -2.23. The van der Waals surface area contributed by atoms with Crippen LogP contribution < -0.4 is 0 Å². The summed E-state index contributed by atoms with van der Waals surface area (Å²) in [7, 11) is 0. The van der Waals surface area contributed by atoms with E-state index >= 15 is 0 Å². The number of aryl methyl sites for hydroxylation is 1. The van der Waals surface area contributed by atoms with Crippen LogP contribution in [-0.2, 0) is 0 Å². The van der Waals surface area contributed by atoms with Crippen molar-refractivity contribution in [2.45, 2.75) is 62.3 Å². The Bertz CT molecular complexity index is 726. The normalized spacial score (nSPS) is 21.8. The first-order valence-electron chi connectivity index (χ1n) is 8.50. The fraction of sp³-hybridized carbons (Fsp3) is 0.500. The van der Waals surface area contributed by atoms with E-state index in [0.717, 1.165) is 16.7 Å². The van der Waals surface area contributed by atoms with Crippen molar-refractivity contribution in [2.24, 2.45) is 5.10 Å². The minimum absolute atomic E-state index is 0.300. The van der Waals surface area contributed by atoms with Crippen molar-refractivity contribution in [1.29, 1.82) is 0 Å². The first-order valence-corrected chi connectivity index (χ1v) is 9.38. The summed E-state index contributed by atoms with van der Waals surface area (Å²) < 4.78 is 2.01. The van der Waals surface area contributed by atoms with Crippen molar-refractivity contribution < 1.29 is 0 Å². The van der Waals surface area contributed by atoms with E-state index in [2.05, 4.69) is 48.3 Å². The van der Waals surface area contributed by atoms with Crippen molar-refractivity contribution in [1.82, 2.24) is 14.9 Å². The van der Waals surface area contributed by atoms with Gasteiger partial charge in [0.15, 0.2) is 5.82 Å². The topological polar surface area (TPSA) is 43.1 Å². The van der Waals surface area contributed by atoms with E-state index in [9.17, 15) is 0 Å². The first-order chi connectivity index (χ1) is 11.2. The van der Waals surface area contributed by atoms with Crippen LogP contribution in [0.3, 0.4) is 0 Å². The number of nitrogens with zero attached hydrogens (tertiary/aromatic N) is 4. The molecule has 0 amide bonds. The van der Waals surface area contributed by atoms with Crippen molar-refractivity contribution in [3.05, 3.63) is 41.2 Å². The van der Waals surface area contributed by atoms with Crippen LogP contribution in [0.1, 0.15) is 61.9 Å². The highest BCUT2D eigenvalue weighted by molar-refractivity contribution is 8.00. The Morgan fingerprint density at radius 2 is 1.78 bits per heavy atom. The Morgan fingerprint density at radius 1 is 1.04 bits per heavy atom. The number of rotatable bonds is 2. The predicted molar refractivity (Wildman–Crippen MR) is 94.3 cm³/mol. The molecule has 0 saturated heterocycles. The molecule has 2 aliphatic rings. The summed E-state index contributed by atoms with van der Waals surface area (Å²) in [5.41, 5.74) is 3.60. The zero-order chi connectivity index (χ0) is 15.8. The highest BCUT2D eigenvalue weighted by Gasteiger charge is 2.29. The molecule has 1 aliphatic heterocycles. The van der Waals surface area contributed by atoms with Crippen LogP contribution in [0.15, 0.2) is 34.5 Å². The van der Waals surface area contributed by atoms with Gasteiger partial charge in [0.25, 0.3) is 0 Å². The van der Waals surface area contributed by atoms with Gasteiger partial charge in [0.05, 0.1) is 11.0 Å². The molecule has 1 aromatic heterocycles. The van der Waals surface area contributed by atoms with E-state index in [0.29, 0.717) is 11.2 Å². The predicted octanol–water partition coefficient (Wildman–Crippen LogP) is 4.38. The van der Waals surface area contributed by atoms with Crippen LogP contribution in [0.4, 0.5) is 0 Å². The van der Waals surface area contributed by atoms with Crippen molar-refractivity contribution in [3.8, 4) is 0 Å². The molecule has 120 valence electrons. The minimum atomic E-state index is 0.300. The maximum Gasteiger partial charge on any atom is 0.212 e. The first kappa shape index (κ1) is 14.9. The number of hydrogen-bond donors (Lipinski definition) is 0. The Kier molecular flexibility index (Phi) is 3.97. The summed E-state index contributed by atoms with van der Waals surface area (Å²) in [6.07, 6.45) is 6.37. The molecule has 23 heavy (non-hydrogen) atoms. The van der Waals surface area contributed by atoms with E-state index in [4.69, 9.17) is 5.10 Å². The Morgan fingerprint density at radius 3 is 2.52 bits per heavy atom. The minimum Gasteiger partial charge on any atom is -0.191 e. The Labute approximate surface area is 141 Å². The average molecular weight is 326 g/mol. The van der Waals surface area contributed by atoms with Crippen molar-refractivity contribution in [3.63, 3.8) is 0 Å². The molecule has 2 heterocycles.